The normalized spacial score (nSPS) is 12.0. The Kier molecular flexibility index (Phi) is 19.1. The van der Waals surface area contributed by atoms with E-state index in [2.05, 4.69) is 6.92 Å². The molecular formula is C22H40O7. The van der Waals surface area contributed by atoms with E-state index in [0.717, 1.165) is 32.1 Å². The van der Waals surface area contributed by atoms with E-state index < -0.39 is 31.3 Å². The summed E-state index contributed by atoms with van der Waals surface area (Å²) in [6, 6.07) is 0. The average Bonchev–Trinajstić information content (AvgIpc) is 2.72. The van der Waals surface area contributed by atoms with Crippen molar-refractivity contribution in [3.8, 4) is 0 Å². The largest absolute Gasteiger partial charge is 0.428 e. The van der Waals surface area contributed by atoms with Gasteiger partial charge in [-0.1, -0.05) is 71.6 Å². The zero-order chi connectivity index (χ0) is 21.7. The van der Waals surface area contributed by atoms with Crippen molar-refractivity contribution >= 4 is 17.5 Å². The lowest BCUT2D eigenvalue weighted by atomic mass is 10.1. The molecule has 0 radical (unpaired) electrons. The van der Waals surface area contributed by atoms with Crippen LogP contribution in [0.15, 0.2) is 0 Å². The number of unbranched alkanes of at least 4 members (excludes halogenated alkanes) is 9. The standard InChI is InChI=1S/C22H40O7/c1-3-5-7-8-9-10-11-12-13-14-21(26)29-22(20(25)16-23)28-18-19(24)17-27-15-6-4-2/h22-23H,3-18H2,1-2H3. The number of ketones is 2. The van der Waals surface area contributed by atoms with Gasteiger partial charge in [0, 0.05) is 13.0 Å². The van der Waals surface area contributed by atoms with Gasteiger partial charge in [-0.15, -0.1) is 0 Å². The molecule has 0 saturated carbocycles. The summed E-state index contributed by atoms with van der Waals surface area (Å²) in [6.07, 6.45) is 10.6. The lowest BCUT2D eigenvalue weighted by Crippen LogP contribution is -2.34. The Morgan fingerprint density at radius 3 is 1.97 bits per heavy atom. The molecule has 0 spiro atoms. The molecule has 0 aromatic rings. The molecule has 0 aliphatic carbocycles. The lowest BCUT2D eigenvalue weighted by Gasteiger charge is -2.16. The number of hydrogen-bond donors (Lipinski definition) is 1. The van der Waals surface area contributed by atoms with Gasteiger partial charge in [-0.25, -0.2) is 0 Å². The van der Waals surface area contributed by atoms with Crippen LogP contribution in [0.4, 0.5) is 0 Å². The third-order valence-corrected chi connectivity index (χ3v) is 4.44. The first kappa shape index (κ1) is 27.7. The average molecular weight is 417 g/mol. The number of carbonyl (C=O) groups excluding carboxylic acids is 3. The topological polar surface area (TPSA) is 99.1 Å². The molecule has 1 unspecified atom stereocenters. The molecule has 0 aliphatic heterocycles. The van der Waals surface area contributed by atoms with Crippen molar-refractivity contribution in [3.05, 3.63) is 0 Å². The van der Waals surface area contributed by atoms with Gasteiger partial charge in [-0.2, -0.15) is 0 Å². The molecule has 1 atom stereocenters. The predicted octanol–water partition coefficient (Wildman–Crippen LogP) is 3.74. The molecule has 0 bridgehead atoms. The maximum absolute atomic E-state index is 11.9. The highest BCUT2D eigenvalue weighted by atomic mass is 16.7. The smallest absolute Gasteiger partial charge is 0.308 e. The highest BCUT2D eigenvalue weighted by Crippen LogP contribution is 2.11. The number of Topliss-reactive ketones (excluding diaryl/α,β-unsaturated/α-hetero) is 2. The quantitative estimate of drug-likeness (QED) is 0.173. The maximum atomic E-state index is 11.9. The molecule has 0 fully saturated rings. The van der Waals surface area contributed by atoms with E-state index in [9.17, 15) is 14.4 Å². The first-order valence-electron chi connectivity index (χ1n) is 11.1. The number of aliphatic hydroxyl groups excluding tert-OH is 1. The second kappa shape index (κ2) is 20.0. The molecule has 0 rings (SSSR count). The summed E-state index contributed by atoms with van der Waals surface area (Å²) < 4.78 is 15.3. The summed E-state index contributed by atoms with van der Waals surface area (Å²) >= 11 is 0. The van der Waals surface area contributed by atoms with Crippen LogP contribution >= 0.6 is 0 Å². The SMILES string of the molecule is CCCCCCCCCCCC(=O)OC(OCC(=O)COCCCC)C(=O)CO. The van der Waals surface area contributed by atoms with Crippen LogP contribution in [0.3, 0.4) is 0 Å². The third-order valence-electron chi connectivity index (χ3n) is 4.44. The first-order chi connectivity index (χ1) is 14.0. The summed E-state index contributed by atoms with van der Waals surface area (Å²) in [5.74, 6) is -1.71. The zero-order valence-electron chi connectivity index (χ0n) is 18.3. The molecule has 0 heterocycles. The number of aliphatic hydroxyl groups is 1. The van der Waals surface area contributed by atoms with Gasteiger partial charge in [-0.3, -0.25) is 14.4 Å². The van der Waals surface area contributed by atoms with Crippen LogP contribution in [-0.4, -0.2) is 55.4 Å². The molecular weight excluding hydrogens is 376 g/mol. The predicted molar refractivity (Wildman–Crippen MR) is 111 cm³/mol. The molecule has 0 aromatic carbocycles. The Labute approximate surface area is 175 Å². The van der Waals surface area contributed by atoms with Crippen LogP contribution in [0.1, 0.15) is 90.9 Å². The number of carbonyl (C=O) groups is 3. The van der Waals surface area contributed by atoms with Crippen molar-refractivity contribution in [1.82, 2.24) is 0 Å². The second-order valence-electron chi connectivity index (χ2n) is 7.28. The van der Waals surface area contributed by atoms with Crippen LogP contribution in [0.2, 0.25) is 0 Å². The van der Waals surface area contributed by atoms with Crippen molar-refractivity contribution in [2.45, 2.75) is 97.2 Å². The summed E-state index contributed by atoms with van der Waals surface area (Å²) in [4.78, 5) is 35.3. The number of esters is 1. The summed E-state index contributed by atoms with van der Waals surface area (Å²) in [6.45, 7) is 3.35. The van der Waals surface area contributed by atoms with E-state index in [0.29, 0.717) is 13.0 Å². The Morgan fingerprint density at radius 1 is 0.793 bits per heavy atom. The van der Waals surface area contributed by atoms with Gasteiger partial charge in [0.25, 0.3) is 6.29 Å². The molecule has 0 aliphatic rings. The molecule has 0 saturated heterocycles. The molecule has 1 N–H and O–H groups in total. The van der Waals surface area contributed by atoms with E-state index in [1.54, 1.807) is 0 Å². The van der Waals surface area contributed by atoms with Crippen LogP contribution < -0.4 is 0 Å². The van der Waals surface area contributed by atoms with E-state index in [4.69, 9.17) is 19.3 Å². The molecule has 29 heavy (non-hydrogen) atoms. The Hall–Kier alpha value is -1.31. The summed E-state index contributed by atoms with van der Waals surface area (Å²) in [7, 11) is 0. The fourth-order valence-electron chi connectivity index (χ4n) is 2.67. The first-order valence-corrected chi connectivity index (χ1v) is 11.1. The number of ether oxygens (including phenoxy) is 3. The van der Waals surface area contributed by atoms with E-state index >= 15 is 0 Å². The fourth-order valence-corrected chi connectivity index (χ4v) is 2.67. The van der Waals surface area contributed by atoms with Gasteiger partial charge in [0.05, 0.1) is 0 Å². The minimum Gasteiger partial charge on any atom is -0.428 e. The van der Waals surface area contributed by atoms with Crippen LogP contribution in [0.25, 0.3) is 0 Å². The van der Waals surface area contributed by atoms with Crippen LogP contribution in [0.5, 0.6) is 0 Å². The zero-order valence-corrected chi connectivity index (χ0v) is 18.3. The van der Waals surface area contributed by atoms with Gasteiger partial charge in [0.2, 0.25) is 5.78 Å². The summed E-state index contributed by atoms with van der Waals surface area (Å²) in [5.41, 5.74) is 0. The van der Waals surface area contributed by atoms with Gasteiger partial charge in [0.1, 0.15) is 19.8 Å². The van der Waals surface area contributed by atoms with E-state index in [-0.39, 0.29) is 18.8 Å². The van der Waals surface area contributed by atoms with Crippen molar-refractivity contribution in [2.75, 3.05) is 26.4 Å². The monoisotopic (exact) mass is 416 g/mol. The highest BCUT2D eigenvalue weighted by molar-refractivity contribution is 5.86. The molecule has 0 aromatic heterocycles. The van der Waals surface area contributed by atoms with E-state index in [1.807, 2.05) is 6.92 Å². The Bertz CT molecular complexity index is 437. The molecule has 170 valence electrons. The number of hydrogen-bond acceptors (Lipinski definition) is 7. The molecule has 7 heteroatoms. The van der Waals surface area contributed by atoms with Gasteiger partial charge in [-0.05, 0) is 12.8 Å². The van der Waals surface area contributed by atoms with Crippen molar-refractivity contribution in [1.29, 1.82) is 0 Å². The number of rotatable bonds is 21. The lowest BCUT2D eigenvalue weighted by molar-refractivity contribution is -0.188. The highest BCUT2D eigenvalue weighted by Gasteiger charge is 2.23. The minimum absolute atomic E-state index is 0.119. The van der Waals surface area contributed by atoms with E-state index in [1.165, 1.54) is 32.1 Å². The van der Waals surface area contributed by atoms with Crippen molar-refractivity contribution in [2.24, 2.45) is 0 Å². The molecule has 0 amide bonds. The van der Waals surface area contributed by atoms with Gasteiger partial charge >= 0.3 is 5.97 Å². The maximum Gasteiger partial charge on any atom is 0.308 e. The van der Waals surface area contributed by atoms with Gasteiger partial charge < -0.3 is 19.3 Å². The second-order valence-corrected chi connectivity index (χ2v) is 7.28. The Balaban J connectivity index is 3.97. The summed E-state index contributed by atoms with van der Waals surface area (Å²) in [5, 5.41) is 9.00. The Morgan fingerprint density at radius 2 is 1.38 bits per heavy atom. The van der Waals surface area contributed by atoms with Gasteiger partial charge in [0.15, 0.2) is 5.78 Å². The minimum atomic E-state index is -1.55. The molecule has 7 nitrogen and oxygen atoms in total. The third kappa shape index (κ3) is 17.3. The fraction of sp³-hybridized carbons (Fsp3) is 0.864. The van der Waals surface area contributed by atoms with Crippen molar-refractivity contribution < 1.29 is 33.7 Å². The van der Waals surface area contributed by atoms with Crippen molar-refractivity contribution in [3.63, 3.8) is 0 Å². The van der Waals surface area contributed by atoms with Crippen LogP contribution in [0, 0.1) is 0 Å². The van der Waals surface area contributed by atoms with Crippen LogP contribution in [-0.2, 0) is 28.6 Å².